The van der Waals surface area contributed by atoms with Crippen LogP contribution in [0.15, 0.2) is 60.8 Å². The highest BCUT2D eigenvalue weighted by Gasteiger charge is 2.45. The van der Waals surface area contributed by atoms with Gasteiger partial charge in [-0.25, -0.2) is 4.98 Å². The predicted molar refractivity (Wildman–Crippen MR) is 118 cm³/mol. The second-order valence-electron chi connectivity index (χ2n) is 8.34. The molecule has 29 heavy (non-hydrogen) atoms. The van der Waals surface area contributed by atoms with E-state index >= 15 is 0 Å². The Morgan fingerprint density at radius 2 is 1.66 bits per heavy atom. The number of ether oxygens (including phenoxy) is 1. The summed E-state index contributed by atoms with van der Waals surface area (Å²) in [5.74, 6) is 1.84. The molecule has 1 N–H and O–H groups in total. The minimum Gasteiger partial charge on any atom is -0.489 e. The van der Waals surface area contributed by atoms with E-state index in [-0.39, 0.29) is 5.54 Å². The first-order valence-electron chi connectivity index (χ1n) is 10.4. The van der Waals surface area contributed by atoms with E-state index in [0.29, 0.717) is 6.61 Å². The fourth-order valence-electron chi connectivity index (χ4n) is 4.11. The molecule has 4 nitrogen and oxygen atoms in total. The van der Waals surface area contributed by atoms with Crippen LogP contribution in [0.4, 0.5) is 11.5 Å². The van der Waals surface area contributed by atoms with Crippen LogP contribution in [0.5, 0.6) is 5.75 Å². The second-order valence-corrected chi connectivity index (χ2v) is 8.34. The minimum absolute atomic E-state index is 0.0111. The number of fused-ring (bicyclic) bond motifs is 1. The maximum atomic E-state index is 5.99. The summed E-state index contributed by atoms with van der Waals surface area (Å²) in [6, 6.07) is 19.6. The van der Waals surface area contributed by atoms with Crippen molar-refractivity contribution in [3.8, 4) is 5.75 Å². The van der Waals surface area contributed by atoms with Gasteiger partial charge in [0.25, 0.3) is 0 Å². The molecule has 0 atom stereocenters. The monoisotopic (exact) mass is 385 g/mol. The van der Waals surface area contributed by atoms with E-state index in [1.807, 2.05) is 12.3 Å². The maximum absolute atomic E-state index is 5.99. The molecular formula is C25H27N3O. The molecule has 1 saturated carbocycles. The average molecular weight is 386 g/mol. The molecule has 2 aromatic carbocycles. The van der Waals surface area contributed by atoms with Gasteiger partial charge in [-0.15, -0.1) is 0 Å². The molecule has 1 aromatic heterocycles. The normalized spacial score (nSPS) is 16.7. The van der Waals surface area contributed by atoms with Crippen LogP contribution >= 0.6 is 0 Å². The summed E-state index contributed by atoms with van der Waals surface area (Å²) in [6.45, 7) is 6.67. The minimum atomic E-state index is -0.0111. The van der Waals surface area contributed by atoms with E-state index in [4.69, 9.17) is 9.72 Å². The Morgan fingerprint density at radius 1 is 0.966 bits per heavy atom. The van der Waals surface area contributed by atoms with Crippen LogP contribution < -0.4 is 15.0 Å². The third-order valence-electron chi connectivity index (χ3n) is 6.03. The number of anilines is 2. The largest absolute Gasteiger partial charge is 0.489 e. The quantitative estimate of drug-likeness (QED) is 0.655. The molecule has 0 radical (unpaired) electrons. The van der Waals surface area contributed by atoms with Crippen LogP contribution in [0.25, 0.3) is 0 Å². The lowest BCUT2D eigenvalue weighted by Gasteiger charge is -2.33. The lowest BCUT2D eigenvalue weighted by Crippen LogP contribution is -2.34. The maximum Gasteiger partial charge on any atom is 0.154 e. The SMILES string of the molecule is Cc1ccc(CN2CCOc3ccnc(NC4(c5ccc(C)cc5)CC4)c32)cc1. The van der Waals surface area contributed by atoms with E-state index < -0.39 is 0 Å². The van der Waals surface area contributed by atoms with Crippen molar-refractivity contribution in [1.82, 2.24) is 4.98 Å². The molecule has 1 aliphatic carbocycles. The molecule has 2 aliphatic rings. The Labute approximate surface area is 172 Å². The number of nitrogens with zero attached hydrogens (tertiary/aromatic N) is 2. The summed E-state index contributed by atoms with van der Waals surface area (Å²) in [7, 11) is 0. The first kappa shape index (κ1) is 18.0. The highest BCUT2D eigenvalue weighted by atomic mass is 16.5. The highest BCUT2D eigenvalue weighted by Crippen LogP contribution is 2.50. The topological polar surface area (TPSA) is 37.4 Å². The zero-order valence-electron chi connectivity index (χ0n) is 17.1. The number of aryl methyl sites for hydroxylation is 2. The Bertz CT molecular complexity index is 1010. The van der Waals surface area contributed by atoms with Crippen molar-refractivity contribution in [2.24, 2.45) is 0 Å². The molecule has 2 heterocycles. The predicted octanol–water partition coefficient (Wildman–Crippen LogP) is 5.20. The molecule has 0 saturated heterocycles. The lowest BCUT2D eigenvalue weighted by molar-refractivity contribution is 0.306. The third kappa shape index (κ3) is 3.55. The Hall–Kier alpha value is -3.01. The summed E-state index contributed by atoms with van der Waals surface area (Å²) >= 11 is 0. The molecule has 5 rings (SSSR count). The Morgan fingerprint density at radius 3 is 2.34 bits per heavy atom. The van der Waals surface area contributed by atoms with Crippen molar-refractivity contribution in [3.05, 3.63) is 83.0 Å². The zero-order valence-corrected chi connectivity index (χ0v) is 17.1. The number of nitrogens with one attached hydrogen (secondary N) is 1. The second kappa shape index (κ2) is 7.11. The van der Waals surface area contributed by atoms with Crippen molar-refractivity contribution in [2.45, 2.75) is 38.8 Å². The van der Waals surface area contributed by atoms with E-state index in [0.717, 1.165) is 43.2 Å². The smallest absolute Gasteiger partial charge is 0.154 e. The van der Waals surface area contributed by atoms with Gasteiger partial charge < -0.3 is 15.0 Å². The number of rotatable bonds is 5. The van der Waals surface area contributed by atoms with Gasteiger partial charge in [0.2, 0.25) is 0 Å². The van der Waals surface area contributed by atoms with Gasteiger partial charge in [0.1, 0.15) is 18.0 Å². The first-order chi connectivity index (χ1) is 14.1. The van der Waals surface area contributed by atoms with Crippen molar-refractivity contribution in [1.29, 1.82) is 0 Å². The van der Waals surface area contributed by atoms with Crippen LogP contribution in [0, 0.1) is 13.8 Å². The summed E-state index contributed by atoms with van der Waals surface area (Å²) < 4.78 is 5.99. The van der Waals surface area contributed by atoms with E-state index in [1.165, 1.54) is 22.3 Å². The number of hydrogen-bond acceptors (Lipinski definition) is 4. The highest BCUT2D eigenvalue weighted by molar-refractivity contribution is 5.75. The number of hydrogen-bond donors (Lipinski definition) is 1. The third-order valence-corrected chi connectivity index (χ3v) is 6.03. The molecule has 0 bridgehead atoms. The number of benzene rings is 2. The molecule has 0 unspecified atom stereocenters. The summed E-state index contributed by atoms with van der Waals surface area (Å²) in [5, 5.41) is 3.79. The van der Waals surface area contributed by atoms with Gasteiger partial charge in [-0.05, 0) is 37.8 Å². The van der Waals surface area contributed by atoms with Gasteiger partial charge >= 0.3 is 0 Å². The molecule has 1 aliphatic heterocycles. The summed E-state index contributed by atoms with van der Waals surface area (Å²) in [6.07, 6.45) is 4.10. The average Bonchev–Trinajstić information content (AvgIpc) is 3.51. The van der Waals surface area contributed by atoms with Gasteiger partial charge in [0.15, 0.2) is 5.82 Å². The van der Waals surface area contributed by atoms with E-state index in [2.05, 4.69) is 72.6 Å². The van der Waals surface area contributed by atoms with Crippen molar-refractivity contribution < 1.29 is 4.74 Å². The van der Waals surface area contributed by atoms with Crippen LogP contribution in [0.1, 0.15) is 35.1 Å². The van der Waals surface area contributed by atoms with Crippen LogP contribution in [0.2, 0.25) is 0 Å². The summed E-state index contributed by atoms with van der Waals surface area (Å²) in [4.78, 5) is 7.13. The summed E-state index contributed by atoms with van der Waals surface area (Å²) in [5.41, 5.74) is 6.29. The van der Waals surface area contributed by atoms with Gasteiger partial charge in [0, 0.05) is 18.8 Å². The van der Waals surface area contributed by atoms with Crippen LogP contribution in [-0.4, -0.2) is 18.1 Å². The van der Waals surface area contributed by atoms with Gasteiger partial charge in [-0.1, -0.05) is 59.7 Å². The molecular weight excluding hydrogens is 358 g/mol. The Balaban J connectivity index is 1.46. The van der Waals surface area contributed by atoms with Gasteiger partial charge in [-0.2, -0.15) is 0 Å². The number of pyridine rings is 1. The molecule has 0 amide bonds. The van der Waals surface area contributed by atoms with E-state index in [9.17, 15) is 0 Å². The molecule has 3 aromatic rings. The van der Waals surface area contributed by atoms with Gasteiger partial charge in [-0.3, -0.25) is 0 Å². The fraction of sp³-hybridized carbons (Fsp3) is 0.320. The van der Waals surface area contributed by atoms with Crippen LogP contribution in [0.3, 0.4) is 0 Å². The van der Waals surface area contributed by atoms with Crippen LogP contribution in [-0.2, 0) is 12.1 Å². The lowest BCUT2D eigenvalue weighted by atomic mass is 10.0. The zero-order chi connectivity index (χ0) is 19.8. The van der Waals surface area contributed by atoms with Crippen molar-refractivity contribution in [2.75, 3.05) is 23.4 Å². The fourth-order valence-corrected chi connectivity index (χ4v) is 4.11. The molecule has 0 spiro atoms. The standard InChI is InChI=1S/C25H27N3O/c1-18-3-7-20(8-4-18)17-28-15-16-29-22-11-14-26-24(23(22)28)27-25(12-13-25)21-9-5-19(2)6-10-21/h3-11,14H,12-13,15-17H2,1-2H3,(H,26,27). The molecule has 1 fully saturated rings. The van der Waals surface area contributed by atoms with Crippen molar-refractivity contribution >= 4 is 11.5 Å². The van der Waals surface area contributed by atoms with Crippen molar-refractivity contribution in [3.63, 3.8) is 0 Å². The molecule has 4 heteroatoms. The van der Waals surface area contributed by atoms with E-state index in [1.54, 1.807) is 0 Å². The first-order valence-corrected chi connectivity index (χ1v) is 10.4. The number of aromatic nitrogens is 1. The Kier molecular flexibility index (Phi) is 4.42. The van der Waals surface area contributed by atoms with Gasteiger partial charge in [0.05, 0.1) is 12.1 Å². The molecule has 148 valence electrons.